The Bertz CT molecular complexity index is 534. The Morgan fingerprint density at radius 2 is 1.84 bits per heavy atom. The van der Waals surface area contributed by atoms with Gasteiger partial charge in [0.05, 0.1) is 0 Å². The minimum atomic E-state index is 0.621. The number of allylic oxidation sites excluding steroid dienone is 6. The summed E-state index contributed by atoms with van der Waals surface area (Å²) < 4.78 is 0.621. The molecule has 0 saturated heterocycles. The normalized spacial score (nSPS) is 23.4. The molecule has 2 aliphatic carbocycles. The summed E-state index contributed by atoms with van der Waals surface area (Å²) in [7, 11) is 0. The summed E-state index contributed by atoms with van der Waals surface area (Å²) in [5, 5.41) is 0. The first kappa shape index (κ1) is 13.2. The van der Waals surface area contributed by atoms with Crippen LogP contribution in [0.1, 0.15) is 37.7 Å². The van der Waals surface area contributed by atoms with Gasteiger partial charge in [-0.25, -0.2) is 0 Å². The van der Waals surface area contributed by atoms with Crippen molar-refractivity contribution in [3.63, 3.8) is 0 Å². The highest BCUT2D eigenvalue weighted by atomic mass is 127. The quantitative estimate of drug-likeness (QED) is 0.467. The molecule has 0 nitrogen and oxygen atoms in total. The summed E-state index contributed by atoms with van der Waals surface area (Å²) in [6, 6.07) is 10.8. The summed E-state index contributed by atoms with van der Waals surface area (Å²) in [6.07, 6.45) is 13.7. The standard InChI is InChI=1S/C18H19I/c19-18-12-16(14-7-3-1-4-8-14)11-17(13-18)15-9-5-2-6-10-15/h1,3-4,7-9,11,13,18H,2,5-6,10,12H2/t18-/m1/s1. The van der Waals surface area contributed by atoms with E-state index in [0.717, 1.165) is 6.42 Å². The Balaban J connectivity index is 1.92. The van der Waals surface area contributed by atoms with Crippen LogP contribution in [0.4, 0.5) is 0 Å². The van der Waals surface area contributed by atoms with Gasteiger partial charge in [0.1, 0.15) is 0 Å². The van der Waals surface area contributed by atoms with Crippen LogP contribution >= 0.6 is 22.6 Å². The third kappa shape index (κ3) is 3.19. The molecule has 3 rings (SSSR count). The molecule has 0 N–H and O–H groups in total. The van der Waals surface area contributed by atoms with Crippen molar-refractivity contribution >= 4 is 28.2 Å². The van der Waals surface area contributed by atoms with Gasteiger partial charge < -0.3 is 0 Å². The van der Waals surface area contributed by atoms with Crippen molar-refractivity contribution in [1.29, 1.82) is 0 Å². The van der Waals surface area contributed by atoms with Gasteiger partial charge in [-0.1, -0.05) is 71.2 Å². The van der Waals surface area contributed by atoms with Crippen LogP contribution in [0.25, 0.3) is 5.57 Å². The summed E-state index contributed by atoms with van der Waals surface area (Å²) in [5.74, 6) is 0. The van der Waals surface area contributed by atoms with Gasteiger partial charge in [-0.05, 0) is 54.4 Å². The molecule has 1 heteroatoms. The van der Waals surface area contributed by atoms with Crippen molar-refractivity contribution in [3.8, 4) is 0 Å². The molecule has 0 heterocycles. The van der Waals surface area contributed by atoms with Crippen molar-refractivity contribution in [2.75, 3.05) is 0 Å². The lowest BCUT2D eigenvalue weighted by Crippen LogP contribution is -2.06. The molecule has 0 radical (unpaired) electrons. The number of alkyl halides is 1. The monoisotopic (exact) mass is 362 g/mol. The molecule has 1 aromatic rings. The topological polar surface area (TPSA) is 0 Å². The zero-order valence-corrected chi connectivity index (χ0v) is 13.3. The van der Waals surface area contributed by atoms with Crippen molar-refractivity contribution in [2.45, 2.75) is 36.0 Å². The first-order chi connectivity index (χ1) is 9.33. The molecule has 0 amide bonds. The molecule has 0 saturated carbocycles. The van der Waals surface area contributed by atoms with E-state index in [-0.39, 0.29) is 0 Å². The second-order valence-electron chi connectivity index (χ2n) is 5.35. The Morgan fingerprint density at radius 1 is 1.00 bits per heavy atom. The predicted molar refractivity (Wildman–Crippen MR) is 91.5 cm³/mol. The summed E-state index contributed by atoms with van der Waals surface area (Å²) >= 11 is 2.57. The number of hydrogen-bond acceptors (Lipinski definition) is 0. The Hall–Kier alpha value is -0.830. The second-order valence-corrected chi connectivity index (χ2v) is 6.95. The van der Waals surface area contributed by atoms with Gasteiger partial charge in [0, 0.05) is 3.92 Å². The molecule has 2 aliphatic rings. The zero-order chi connectivity index (χ0) is 13.1. The SMILES string of the molecule is I[C@H]1C=C(C2=CCCCC2)C=C(c2ccccc2)C1. The van der Waals surface area contributed by atoms with Crippen LogP contribution in [0, 0.1) is 0 Å². The maximum atomic E-state index is 2.57. The highest BCUT2D eigenvalue weighted by molar-refractivity contribution is 14.1. The van der Waals surface area contributed by atoms with E-state index in [0.29, 0.717) is 3.92 Å². The molecule has 98 valence electrons. The number of hydrogen-bond donors (Lipinski definition) is 0. The molecule has 0 fully saturated rings. The van der Waals surface area contributed by atoms with Gasteiger partial charge in [-0.2, -0.15) is 0 Å². The van der Waals surface area contributed by atoms with Crippen LogP contribution in [0.15, 0.2) is 59.7 Å². The number of rotatable bonds is 2. The minimum Gasteiger partial charge on any atom is -0.0807 e. The van der Waals surface area contributed by atoms with Gasteiger partial charge >= 0.3 is 0 Å². The molecule has 0 aromatic heterocycles. The highest BCUT2D eigenvalue weighted by Gasteiger charge is 2.17. The van der Waals surface area contributed by atoms with Crippen LogP contribution in [0.5, 0.6) is 0 Å². The Labute approximate surface area is 129 Å². The van der Waals surface area contributed by atoms with E-state index < -0.39 is 0 Å². The van der Waals surface area contributed by atoms with Crippen LogP contribution in [-0.2, 0) is 0 Å². The van der Waals surface area contributed by atoms with Crippen LogP contribution in [0.3, 0.4) is 0 Å². The van der Waals surface area contributed by atoms with Crippen molar-refractivity contribution in [3.05, 3.63) is 65.3 Å². The van der Waals surface area contributed by atoms with Crippen LogP contribution in [-0.4, -0.2) is 3.92 Å². The van der Waals surface area contributed by atoms with Gasteiger partial charge in [0.15, 0.2) is 0 Å². The lowest BCUT2D eigenvalue weighted by Gasteiger charge is -2.22. The molecular weight excluding hydrogens is 343 g/mol. The Morgan fingerprint density at radius 3 is 2.58 bits per heavy atom. The van der Waals surface area contributed by atoms with E-state index in [1.54, 1.807) is 5.57 Å². The lowest BCUT2D eigenvalue weighted by molar-refractivity contribution is 0.707. The first-order valence-electron chi connectivity index (χ1n) is 7.14. The van der Waals surface area contributed by atoms with E-state index >= 15 is 0 Å². The van der Waals surface area contributed by atoms with E-state index in [2.05, 4.69) is 71.2 Å². The average Bonchev–Trinajstić information content (AvgIpc) is 2.48. The highest BCUT2D eigenvalue weighted by Crippen LogP contribution is 2.35. The first-order valence-corrected chi connectivity index (χ1v) is 8.39. The van der Waals surface area contributed by atoms with Gasteiger partial charge in [-0.3, -0.25) is 0 Å². The zero-order valence-electron chi connectivity index (χ0n) is 11.1. The van der Waals surface area contributed by atoms with Crippen molar-refractivity contribution in [1.82, 2.24) is 0 Å². The fraction of sp³-hybridized carbons (Fsp3) is 0.333. The third-order valence-electron chi connectivity index (χ3n) is 3.91. The fourth-order valence-electron chi connectivity index (χ4n) is 2.91. The smallest absolute Gasteiger partial charge is 0.0338 e. The van der Waals surface area contributed by atoms with E-state index in [9.17, 15) is 0 Å². The third-order valence-corrected chi connectivity index (χ3v) is 4.71. The van der Waals surface area contributed by atoms with Gasteiger partial charge in [0.2, 0.25) is 0 Å². The molecule has 0 spiro atoms. The molecule has 1 aromatic carbocycles. The Kier molecular flexibility index (Phi) is 4.21. The van der Waals surface area contributed by atoms with E-state index in [4.69, 9.17) is 0 Å². The van der Waals surface area contributed by atoms with Crippen LogP contribution in [0.2, 0.25) is 0 Å². The average molecular weight is 362 g/mol. The molecular formula is C18H19I. The molecule has 0 bridgehead atoms. The maximum Gasteiger partial charge on any atom is 0.0338 e. The van der Waals surface area contributed by atoms with Crippen LogP contribution < -0.4 is 0 Å². The predicted octanol–water partition coefficient (Wildman–Crippen LogP) is 5.70. The summed E-state index contributed by atoms with van der Waals surface area (Å²) in [4.78, 5) is 0. The second kappa shape index (κ2) is 6.08. The largest absolute Gasteiger partial charge is 0.0807 e. The van der Waals surface area contributed by atoms with Gasteiger partial charge in [0.25, 0.3) is 0 Å². The van der Waals surface area contributed by atoms with Crippen molar-refractivity contribution < 1.29 is 0 Å². The molecule has 0 aliphatic heterocycles. The number of benzene rings is 1. The molecule has 19 heavy (non-hydrogen) atoms. The van der Waals surface area contributed by atoms with Crippen molar-refractivity contribution in [2.24, 2.45) is 0 Å². The maximum absolute atomic E-state index is 2.57. The fourth-order valence-corrected chi connectivity index (χ4v) is 3.77. The number of halogens is 1. The summed E-state index contributed by atoms with van der Waals surface area (Å²) in [5.41, 5.74) is 5.92. The lowest BCUT2D eigenvalue weighted by atomic mass is 9.86. The molecule has 0 unspecified atom stereocenters. The van der Waals surface area contributed by atoms with Gasteiger partial charge in [-0.15, -0.1) is 0 Å². The summed E-state index contributed by atoms with van der Waals surface area (Å²) in [6.45, 7) is 0. The minimum absolute atomic E-state index is 0.621. The molecule has 1 atom stereocenters. The van der Waals surface area contributed by atoms with E-state index in [1.165, 1.54) is 42.4 Å². The van der Waals surface area contributed by atoms with E-state index in [1.807, 2.05) is 0 Å².